The van der Waals surface area contributed by atoms with Crippen LogP contribution in [0.1, 0.15) is 22.0 Å². The molecule has 3 rings (SSSR count). The van der Waals surface area contributed by atoms with E-state index in [1.807, 2.05) is 0 Å². The number of carbonyl (C=O) groups excluding carboxylic acids is 2. The molecule has 9 nitrogen and oxygen atoms in total. The van der Waals surface area contributed by atoms with Crippen LogP contribution in [0.3, 0.4) is 0 Å². The lowest BCUT2D eigenvalue weighted by molar-refractivity contribution is -0.385. The number of amides is 2. The first-order valence-corrected chi connectivity index (χ1v) is 8.78. The fourth-order valence-corrected chi connectivity index (χ4v) is 3.38. The number of halogens is 3. The molecule has 0 saturated carbocycles. The Morgan fingerprint density at radius 1 is 1.23 bits per heavy atom. The number of hydrogen-bond donors (Lipinski definition) is 3. The fourth-order valence-electron chi connectivity index (χ4n) is 3.38. The molecule has 0 radical (unpaired) electrons. The van der Waals surface area contributed by atoms with E-state index < -0.39 is 46.3 Å². The SMILES string of the molecule is COc1ccc(C(=O)[C@@H]2[C@@H](c3cccc([N+](=O)[O-])c3)NC(=O)N[C@]2(O)C(F)(F)F)cc1. The predicted octanol–water partition coefficient (Wildman–Crippen LogP) is 2.71. The van der Waals surface area contributed by atoms with Crippen LogP contribution < -0.4 is 15.4 Å². The van der Waals surface area contributed by atoms with Crippen LogP contribution in [0.25, 0.3) is 0 Å². The number of alkyl halides is 3. The molecule has 3 N–H and O–H groups in total. The van der Waals surface area contributed by atoms with E-state index in [0.717, 1.165) is 12.1 Å². The molecule has 31 heavy (non-hydrogen) atoms. The lowest BCUT2D eigenvalue weighted by Crippen LogP contribution is -2.72. The Bertz CT molecular complexity index is 1030. The Kier molecular flexibility index (Phi) is 5.59. The standard InChI is InChI=1S/C19H16F3N3O6/c1-31-13-7-5-10(6-8-13)16(26)14-15(11-3-2-4-12(9-11)25(29)30)23-17(27)24-18(14,28)19(20,21)22/h2-9,14-15,28H,1H3,(H2,23,24,27)/t14-,15+,18+/m0/s1. The number of hydrogen-bond acceptors (Lipinski definition) is 6. The molecular formula is C19H16F3N3O6. The van der Waals surface area contributed by atoms with Crippen LogP contribution in [0.4, 0.5) is 23.7 Å². The van der Waals surface area contributed by atoms with Crippen LogP contribution in [-0.2, 0) is 0 Å². The number of nitrogens with zero attached hydrogens (tertiary/aromatic N) is 1. The number of urea groups is 1. The Balaban J connectivity index is 2.16. The molecule has 0 bridgehead atoms. The summed E-state index contributed by atoms with van der Waals surface area (Å²) < 4.78 is 46.6. The maximum Gasteiger partial charge on any atom is 0.437 e. The summed E-state index contributed by atoms with van der Waals surface area (Å²) in [5.74, 6) is -3.10. The van der Waals surface area contributed by atoms with E-state index >= 15 is 0 Å². The van der Waals surface area contributed by atoms with Gasteiger partial charge in [0, 0.05) is 17.7 Å². The predicted molar refractivity (Wildman–Crippen MR) is 99.3 cm³/mol. The largest absolute Gasteiger partial charge is 0.497 e. The number of ether oxygens (including phenoxy) is 1. The minimum absolute atomic E-state index is 0.154. The normalized spacial score (nSPS) is 23.5. The third kappa shape index (κ3) is 4.01. The number of nitro groups is 1. The van der Waals surface area contributed by atoms with Crippen LogP contribution in [0, 0.1) is 16.0 Å². The van der Waals surface area contributed by atoms with Gasteiger partial charge in [-0.15, -0.1) is 0 Å². The molecule has 2 aromatic carbocycles. The molecule has 1 aliphatic rings. The topological polar surface area (TPSA) is 131 Å². The summed E-state index contributed by atoms with van der Waals surface area (Å²) in [7, 11) is 1.36. The molecule has 2 amide bonds. The highest BCUT2D eigenvalue weighted by Crippen LogP contribution is 2.44. The Morgan fingerprint density at radius 2 is 1.87 bits per heavy atom. The molecule has 1 saturated heterocycles. The van der Waals surface area contributed by atoms with E-state index in [0.29, 0.717) is 5.75 Å². The van der Waals surface area contributed by atoms with Gasteiger partial charge in [-0.05, 0) is 29.8 Å². The highest BCUT2D eigenvalue weighted by Gasteiger charge is 2.66. The molecule has 0 spiro atoms. The second kappa shape index (κ2) is 7.87. The highest BCUT2D eigenvalue weighted by molar-refractivity contribution is 6.00. The van der Waals surface area contributed by atoms with Gasteiger partial charge in [-0.1, -0.05) is 12.1 Å². The van der Waals surface area contributed by atoms with Gasteiger partial charge in [-0.2, -0.15) is 13.2 Å². The first-order valence-electron chi connectivity index (χ1n) is 8.78. The molecular weight excluding hydrogens is 423 g/mol. The van der Waals surface area contributed by atoms with Crippen LogP contribution >= 0.6 is 0 Å². The van der Waals surface area contributed by atoms with Gasteiger partial charge in [-0.25, -0.2) is 4.79 Å². The summed E-state index contributed by atoms with van der Waals surface area (Å²) in [5.41, 5.74) is -4.74. The number of benzene rings is 2. The lowest BCUT2D eigenvalue weighted by atomic mass is 9.77. The van der Waals surface area contributed by atoms with Crippen molar-refractivity contribution in [2.24, 2.45) is 5.92 Å². The summed E-state index contributed by atoms with van der Waals surface area (Å²) in [6.07, 6.45) is -5.43. The van der Waals surface area contributed by atoms with E-state index in [1.54, 1.807) is 0 Å². The van der Waals surface area contributed by atoms with Crippen molar-refractivity contribution in [2.45, 2.75) is 17.9 Å². The third-order valence-corrected chi connectivity index (χ3v) is 4.90. The van der Waals surface area contributed by atoms with E-state index in [4.69, 9.17) is 4.74 Å². The van der Waals surface area contributed by atoms with Crippen LogP contribution in [0.15, 0.2) is 48.5 Å². The molecule has 1 aliphatic heterocycles. The number of rotatable bonds is 5. The second-order valence-corrected chi connectivity index (χ2v) is 6.76. The van der Waals surface area contributed by atoms with Crippen molar-refractivity contribution < 1.29 is 37.5 Å². The van der Waals surface area contributed by atoms with Gasteiger partial charge < -0.3 is 20.5 Å². The molecule has 0 unspecified atom stereocenters. The van der Waals surface area contributed by atoms with Crippen LogP contribution in [-0.4, -0.2) is 40.9 Å². The quantitative estimate of drug-likeness (QED) is 0.373. The number of nitro benzene ring substituents is 1. The van der Waals surface area contributed by atoms with Gasteiger partial charge >= 0.3 is 12.2 Å². The number of Topliss-reactive ketones (excluding diaryl/α,β-unsaturated/α-hetero) is 1. The monoisotopic (exact) mass is 439 g/mol. The van der Waals surface area contributed by atoms with Crippen LogP contribution in [0.5, 0.6) is 5.75 Å². The summed E-state index contributed by atoms with van der Waals surface area (Å²) >= 11 is 0. The average Bonchev–Trinajstić information content (AvgIpc) is 2.72. The number of carbonyl (C=O) groups is 2. The minimum atomic E-state index is -5.43. The van der Waals surface area contributed by atoms with Gasteiger partial charge in [0.2, 0.25) is 5.72 Å². The number of ketones is 1. The number of aliphatic hydroxyl groups is 1. The zero-order valence-corrected chi connectivity index (χ0v) is 15.8. The summed E-state index contributed by atoms with van der Waals surface area (Å²) in [6.45, 7) is 0. The molecule has 1 heterocycles. The van der Waals surface area contributed by atoms with Gasteiger partial charge in [0.25, 0.3) is 5.69 Å². The van der Waals surface area contributed by atoms with Gasteiger partial charge in [0.15, 0.2) is 5.78 Å². The average molecular weight is 439 g/mol. The summed E-state index contributed by atoms with van der Waals surface area (Å²) in [5, 5.41) is 25.2. The molecule has 12 heteroatoms. The number of methoxy groups -OCH3 is 1. The first-order chi connectivity index (χ1) is 14.5. The van der Waals surface area contributed by atoms with Gasteiger partial charge in [-0.3, -0.25) is 14.9 Å². The first kappa shape index (κ1) is 22.0. The fraction of sp³-hybridized carbons (Fsp3) is 0.263. The highest BCUT2D eigenvalue weighted by atomic mass is 19.4. The zero-order chi connectivity index (χ0) is 23.0. The third-order valence-electron chi connectivity index (χ3n) is 4.90. The van der Waals surface area contributed by atoms with Crippen molar-refractivity contribution in [1.29, 1.82) is 0 Å². The van der Waals surface area contributed by atoms with Crippen molar-refractivity contribution in [3.8, 4) is 5.75 Å². The maximum atomic E-state index is 13.9. The summed E-state index contributed by atoms with van der Waals surface area (Å²) in [4.78, 5) is 35.4. The van der Waals surface area contributed by atoms with E-state index in [1.165, 1.54) is 48.8 Å². The smallest absolute Gasteiger partial charge is 0.437 e. The molecule has 164 valence electrons. The molecule has 0 aromatic heterocycles. The van der Waals surface area contributed by atoms with Crippen molar-refractivity contribution in [3.63, 3.8) is 0 Å². The van der Waals surface area contributed by atoms with Gasteiger partial charge in [0.05, 0.1) is 18.1 Å². The molecule has 2 aromatic rings. The van der Waals surface area contributed by atoms with E-state index in [9.17, 15) is 38.0 Å². The molecule has 1 fully saturated rings. The Hall–Kier alpha value is -3.67. The number of nitrogens with one attached hydrogen (secondary N) is 2. The van der Waals surface area contributed by atoms with Crippen molar-refractivity contribution in [2.75, 3.05) is 7.11 Å². The van der Waals surface area contributed by atoms with Crippen molar-refractivity contribution in [3.05, 3.63) is 69.8 Å². The van der Waals surface area contributed by atoms with Crippen LogP contribution in [0.2, 0.25) is 0 Å². The van der Waals surface area contributed by atoms with Crippen molar-refractivity contribution >= 4 is 17.5 Å². The minimum Gasteiger partial charge on any atom is -0.497 e. The second-order valence-electron chi connectivity index (χ2n) is 6.76. The van der Waals surface area contributed by atoms with E-state index in [-0.39, 0.29) is 11.1 Å². The zero-order valence-electron chi connectivity index (χ0n) is 15.8. The Labute approximate surface area is 173 Å². The summed E-state index contributed by atoms with van der Waals surface area (Å²) in [6, 6.07) is 6.44. The molecule has 0 aliphatic carbocycles. The Morgan fingerprint density at radius 3 is 2.42 bits per heavy atom. The number of non-ortho nitro benzene ring substituents is 1. The van der Waals surface area contributed by atoms with Crippen molar-refractivity contribution in [1.82, 2.24) is 10.6 Å². The molecule has 3 atom stereocenters. The van der Waals surface area contributed by atoms with Gasteiger partial charge in [0.1, 0.15) is 11.7 Å². The lowest BCUT2D eigenvalue weighted by Gasteiger charge is -2.45. The van der Waals surface area contributed by atoms with E-state index in [2.05, 4.69) is 5.32 Å². The maximum absolute atomic E-state index is 13.9.